The van der Waals surface area contributed by atoms with E-state index < -0.39 is 23.6 Å². The van der Waals surface area contributed by atoms with Crippen molar-refractivity contribution in [3.05, 3.63) is 35.1 Å². The fourth-order valence-electron chi connectivity index (χ4n) is 3.44. The van der Waals surface area contributed by atoms with Gasteiger partial charge in [-0.1, -0.05) is 25.3 Å². The molecule has 0 radical (unpaired) electrons. The molecule has 0 atom stereocenters. The van der Waals surface area contributed by atoms with Crippen LogP contribution in [0.15, 0.2) is 18.2 Å². The van der Waals surface area contributed by atoms with E-state index >= 15 is 0 Å². The summed E-state index contributed by atoms with van der Waals surface area (Å²) in [4.78, 5) is 14.1. The summed E-state index contributed by atoms with van der Waals surface area (Å²) in [6, 6.07) is 2.50. The second kappa shape index (κ2) is 9.92. The molecule has 1 aliphatic rings. The van der Waals surface area contributed by atoms with Gasteiger partial charge in [-0.2, -0.15) is 13.2 Å². The maximum atomic E-state index is 13.1. The van der Waals surface area contributed by atoms with E-state index in [1.54, 1.807) is 0 Å². The maximum Gasteiger partial charge on any atom is 0.416 e. The van der Waals surface area contributed by atoms with Crippen molar-refractivity contribution >= 4 is 6.03 Å². The summed E-state index contributed by atoms with van der Waals surface area (Å²) in [6.07, 6.45) is 2.35. The fourth-order valence-corrected chi connectivity index (χ4v) is 3.44. The Kier molecular flexibility index (Phi) is 7.89. The Balaban J connectivity index is 1.71. The highest BCUT2D eigenvalue weighted by molar-refractivity contribution is 5.73. The lowest BCUT2D eigenvalue weighted by molar-refractivity contribution is -0.138. The molecule has 2 rings (SSSR count). The predicted molar refractivity (Wildman–Crippen MR) is 95.8 cm³/mol. The van der Waals surface area contributed by atoms with Crippen molar-refractivity contribution in [1.82, 2.24) is 15.5 Å². The molecule has 2 amide bonds. The summed E-state index contributed by atoms with van der Waals surface area (Å²) in [6.45, 7) is 0.989. The third-order valence-electron chi connectivity index (χ3n) is 4.99. The zero-order valence-electron chi connectivity index (χ0n) is 15.5. The minimum absolute atomic E-state index is 0.170. The van der Waals surface area contributed by atoms with Crippen LogP contribution in [-0.2, 0) is 12.7 Å². The van der Waals surface area contributed by atoms with Crippen molar-refractivity contribution in [3.63, 3.8) is 0 Å². The van der Waals surface area contributed by atoms with E-state index in [2.05, 4.69) is 22.6 Å². The van der Waals surface area contributed by atoms with Crippen LogP contribution < -0.4 is 10.6 Å². The molecule has 0 unspecified atom stereocenters. The number of hydrogen-bond acceptors (Lipinski definition) is 2. The lowest BCUT2D eigenvalue weighted by Gasteiger charge is -2.31. The number of urea groups is 1. The van der Waals surface area contributed by atoms with Crippen LogP contribution in [0.5, 0.6) is 0 Å². The molecular formula is C19H27F4N3O. The van der Waals surface area contributed by atoms with Crippen LogP contribution in [0.3, 0.4) is 0 Å². The highest BCUT2D eigenvalue weighted by atomic mass is 19.4. The monoisotopic (exact) mass is 389 g/mol. The quantitative estimate of drug-likeness (QED) is 0.540. The molecule has 0 aromatic heterocycles. The number of carbonyl (C=O) groups excluding carboxylic acids is 1. The predicted octanol–water partition coefficient (Wildman–Crippen LogP) is 4.30. The van der Waals surface area contributed by atoms with Gasteiger partial charge >= 0.3 is 12.2 Å². The summed E-state index contributed by atoms with van der Waals surface area (Å²) in [5, 5.41) is 5.05. The lowest BCUT2D eigenvalue weighted by Crippen LogP contribution is -2.38. The molecule has 1 aliphatic carbocycles. The third kappa shape index (κ3) is 7.01. The minimum atomic E-state index is -4.67. The molecule has 1 aromatic rings. The average molecular weight is 389 g/mol. The van der Waals surface area contributed by atoms with E-state index in [9.17, 15) is 22.4 Å². The molecule has 0 bridgehead atoms. The molecule has 27 heavy (non-hydrogen) atoms. The van der Waals surface area contributed by atoms with Crippen molar-refractivity contribution in [1.29, 1.82) is 0 Å². The highest BCUT2D eigenvalue weighted by Gasteiger charge is 2.33. The number of benzene rings is 1. The summed E-state index contributed by atoms with van der Waals surface area (Å²) < 4.78 is 51.9. The van der Waals surface area contributed by atoms with Crippen LogP contribution in [0.1, 0.15) is 49.7 Å². The van der Waals surface area contributed by atoms with Gasteiger partial charge in [-0.3, -0.25) is 0 Å². The number of carbonyl (C=O) groups is 1. The number of amides is 2. The van der Waals surface area contributed by atoms with Gasteiger partial charge in [0, 0.05) is 19.1 Å². The number of rotatable bonds is 7. The van der Waals surface area contributed by atoms with Gasteiger partial charge in [-0.25, -0.2) is 9.18 Å². The van der Waals surface area contributed by atoms with Gasteiger partial charge in [0.25, 0.3) is 0 Å². The largest absolute Gasteiger partial charge is 0.416 e. The van der Waals surface area contributed by atoms with Crippen molar-refractivity contribution in [2.24, 2.45) is 0 Å². The Hall–Kier alpha value is -1.83. The molecule has 1 saturated carbocycles. The Morgan fingerprint density at radius 3 is 2.56 bits per heavy atom. The zero-order chi connectivity index (χ0) is 19.9. The molecule has 0 aliphatic heterocycles. The van der Waals surface area contributed by atoms with Crippen LogP contribution in [0, 0.1) is 5.82 Å². The summed E-state index contributed by atoms with van der Waals surface area (Å²) in [5.74, 6) is -0.961. The first-order valence-electron chi connectivity index (χ1n) is 9.35. The molecular weight excluding hydrogens is 362 g/mol. The van der Waals surface area contributed by atoms with E-state index in [-0.39, 0.29) is 12.1 Å². The first-order valence-corrected chi connectivity index (χ1v) is 9.35. The smallest absolute Gasteiger partial charge is 0.338 e. The topological polar surface area (TPSA) is 44.4 Å². The number of hydrogen-bond donors (Lipinski definition) is 2. The number of alkyl halides is 3. The molecule has 0 saturated heterocycles. The molecule has 2 N–H and O–H groups in total. The van der Waals surface area contributed by atoms with Crippen LogP contribution in [0.2, 0.25) is 0 Å². The molecule has 152 valence electrons. The normalized spacial score (nSPS) is 15.8. The van der Waals surface area contributed by atoms with Crippen molar-refractivity contribution in [2.45, 2.75) is 57.3 Å². The lowest BCUT2D eigenvalue weighted by atomic mass is 9.94. The van der Waals surface area contributed by atoms with Crippen LogP contribution in [0.25, 0.3) is 0 Å². The number of nitrogens with one attached hydrogen (secondary N) is 2. The molecule has 1 aromatic carbocycles. The summed E-state index contributed by atoms with van der Waals surface area (Å²) in [7, 11) is 2.09. The average Bonchev–Trinajstić information content (AvgIpc) is 2.64. The van der Waals surface area contributed by atoms with E-state index in [1.165, 1.54) is 32.1 Å². The molecule has 8 heteroatoms. The van der Waals surface area contributed by atoms with E-state index in [1.807, 2.05) is 0 Å². The van der Waals surface area contributed by atoms with Crippen molar-refractivity contribution in [2.75, 3.05) is 20.1 Å². The Bertz CT molecular complexity index is 615. The Labute approximate surface area is 157 Å². The first kappa shape index (κ1) is 21.5. The standard InChI is InChI=1S/C19H27F4N3O/c1-26(16-6-3-2-4-7-16)11-5-10-24-18(27)25-13-14-8-9-15(20)12-17(14)19(21,22)23/h8-9,12,16H,2-7,10-11,13H2,1H3,(H2,24,25,27). The second-order valence-electron chi connectivity index (χ2n) is 7.03. The van der Waals surface area contributed by atoms with Crippen molar-refractivity contribution < 1.29 is 22.4 Å². The van der Waals surface area contributed by atoms with Crippen LogP contribution >= 0.6 is 0 Å². The summed E-state index contributed by atoms with van der Waals surface area (Å²) in [5.41, 5.74) is -1.24. The Morgan fingerprint density at radius 1 is 1.19 bits per heavy atom. The van der Waals surface area contributed by atoms with Gasteiger partial charge in [0.1, 0.15) is 5.82 Å². The SMILES string of the molecule is CN(CCCNC(=O)NCc1ccc(F)cc1C(F)(F)F)C1CCCCC1. The van der Waals surface area contributed by atoms with Gasteiger partial charge in [-0.15, -0.1) is 0 Å². The van der Waals surface area contributed by atoms with Gasteiger partial charge in [-0.05, 0) is 50.6 Å². The Morgan fingerprint density at radius 2 is 1.89 bits per heavy atom. The van der Waals surface area contributed by atoms with Gasteiger partial charge in [0.2, 0.25) is 0 Å². The molecule has 4 nitrogen and oxygen atoms in total. The van der Waals surface area contributed by atoms with E-state index in [0.29, 0.717) is 18.7 Å². The van der Waals surface area contributed by atoms with Gasteiger partial charge in [0.05, 0.1) is 5.56 Å². The van der Waals surface area contributed by atoms with Gasteiger partial charge in [0.15, 0.2) is 0 Å². The van der Waals surface area contributed by atoms with E-state index in [0.717, 1.165) is 25.1 Å². The van der Waals surface area contributed by atoms with Gasteiger partial charge < -0.3 is 15.5 Å². The van der Waals surface area contributed by atoms with Crippen LogP contribution in [0.4, 0.5) is 22.4 Å². The fraction of sp³-hybridized carbons (Fsp3) is 0.632. The highest BCUT2D eigenvalue weighted by Crippen LogP contribution is 2.32. The number of nitrogens with zero attached hydrogens (tertiary/aromatic N) is 1. The molecule has 0 spiro atoms. The second-order valence-corrected chi connectivity index (χ2v) is 7.03. The molecule has 0 heterocycles. The van der Waals surface area contributed by atoms with Crippen molar-refractivity contribution in [3.8, 4) is 0 Å². The maximum absolute atomic E-state index is 13.1. The molecule has 1 fully saturated rings. The number of halogens is 4. The van der Waals surface area contributed by atoms with Crippen LogP contribution in [-0.4, -0.2) is 37.1 Å². The zero-order valence-corrected chi connectivity index (χ0v) is 15.5. The first-order chi connectivity index (χ1) is 12.8. The van der Waals surface area contributed by atoms with E-state index in [4.69, 9.17) is 0 Å². The minimum Gasteiger partial charge on any atom is -0.338 e. The summed E-state index contributed by atoms with van der Waals surface area (Å²) >= 11 is 0. The third-order valence-corrected chi connectivity index (χ3v) is 4.99.